The average molecular weight is 423 g/mol. The lowest BCUT2D eigenvalue weighted by atomic mass is 10.3. The van der Waals surface area contributed by atoms with Crippen LogP contribution < -0.4 is 10.1 Å². The van der Waals surface area contributed by atoms with Crippen LogP contribution in [-0.4, -0.2) is 35.9 Å². The van der Waals surface area contributed by atoms with Crippen molar-refractivity contribution in [1.29, 1.82) is 0 Å². The Bertz CT molecular complexity index is 748. The van der Waals surface area contributed by atoms with Gasteiger partial charge in [0, 0.05) is 16.2 Å². The van der Waals surface area contributed by atoms with Gasteiger partial charge in [0.1, 0.15) is 18.1 Å². The summed E-state index contributed by atoms with van der Waals surface area (Å²) in [5.74, 6) is -0.465. The van der Waals surface area contributed by atoms with Gasteiger partial charge in [-0.15, -0.1) is 0 Å². The summed E-state index contributed by atoms with van der Waals surface area (Å²) < 4.78 is 19.3. The van der Waals surface area contributed by atoms with E-state index in [1.807, 2.05) is 26.0 Å². The molecule has 5 nitrogen and oxygen atoms in total. The second-order valence-electron chi connectivity index (χ2n) is 5.91. The largest absolute Gasteiger partial charge is 0.484 e. The molecule has 0 aliphatic rings. The van der Waals surface area contributed by atoms with Crippen molar-refractivity contribution in [2.24, 2.45) is 0 Å². The fourth-order valence-corrected chi connectivity index (χ4v) is 2.47. The Morgan fingerprint density at radius 3 is 2.31 bits per heavy atom. The van der Waals surface area contributed by atoms with Gasteiger partial charge in [-0.3, -0.25) is 9.59 Å². The molecule has 0 unspecified atom stereocenters. The Labute approximate surface area is 160 Å². The molecule has 2 aromatic rings. The third kappa shape index (κ3) is 6.15. The number of benzene rings is 2. The first-order valence-corrected chi connectivity index (χ1v) is 8.87. The Kier molecular flexibility index (Phi) is 7.15. The molecule has 0 saturated carbocycles. The van der Waals surface area contributed by atoms with Crippen molar-refractivity contribution in [2.45, 2.75) is 19.9 Å². The Morgan fingerprint density at radius 2 is 1.73 bits per heavy atom. The van der Waals surface area contributed by atoms with Gasteiger partial charge in [-0.05, 0) is 62.4 Å². The van der Waals surface area contributed by atoms with Gasteiger partial charge in [-0.2, -0.15) is 0 Å². The van der Waals surface area contributed by atoms with Gasteiger partial charge in [0.05, 0.1) is 0 Å². The van der Waals surface area contributed by atoms with Crippen molar-refractivity contribution < 1.29 is 18.7 Å². The molecule has 138 valence electrons. The smallest absolute Gasteiger partial charge is 0.261 e. The summed E-state index contributed by atoms with van der Waals surface area (Å²) in [5, 5.41) is 2.64. The number of rotatable bonds is 7. The van der Waals surface area contributed by atoms with E-state index >= 15 is 0 Å². The van der Waals surface area contributed by atoms with Crippen LogP contribution in [0.5, 0.6) is 5.75 Å². The highest BCUT2D eigenvalue weighted by molar-refractivity contribution is 9.10. The van der Waals surface area contributed by atoms with E-state index in [0.717, 1.165) is 4.47 Å². The zero-order valence-corrected chi connectivity index (χ0v) is 16.1. The fourth-order valence-electron chi connectivity index (χ4n) is 2.21. The van der Waals surface area contributed by atoms with Crippen molar-refractivity contribution in [3.63, 3.8) is 0 Å². The molecule has 0 radical (unpaired) electrons. The Morgan fingerprint density at radius 1 is 1.12 bits per heavy atom. The van der Waals surface area contributed by atoms with Crippen LogP contribution in [0.2, 0.25) is 0 Å². The van der Waals surface area contributed by atoms with Crippen LogP contribution in [0, 0.1) is 5.82 Å². The Hall–Kier alpha value is -2.41. The fraction of sp³-hybridized carbons (Fsp3) is 0.263. The first-order valence-electron chi connectivity index (χ1n) is 8.08. The van der Waals surface area contributed by atoms with Crippen LogP contribution in [-0.2, 0) is 9.59 Å². The van der Waals surface area contributed by atoms with E-state index in [-0.39, 0.29) is 36.8 Å². The van der Waals surface area contributed by atoms with Crippen LogP contribution >= 0.6 is 15.9 Å². The lowest BCUT2D eigenvalue weighted by Gasteiger charge is -2.26. The number of nitrogens with one attached hydrogen (secondary N) is 1. The van der Waals surface area contributed by atoms with E-state index in [0.29, 0.717) is 11.4 Å². The molecule has 2 rings (SSSR count). The standard InChI is InChI=1S/C19H20BrFN2O3/c1-13(2)23(11-18(24)22-16-7-5-15(21)6-8-16)19(25)12-26-17-9-3-14(20)4-10-17/h3-10,13H,11-12H2,1-2H3,(H,22,24). The quantitative estimate of drug-likeness (QED) is 0.737. The maximum Gasteiger partial charge on any atom is 0.261 e. The predicted molar refractivity (Wildman–Crippen MR) is 102 cm³/mol. The number of anilines is 1. The zero-order chi connectivity index (χ0) is 19.1. The molecule has 0 heterocycles. The number of hydrogen-bond donors (Lipinski definition) is 1. The van der Waals surface area contributed by atoms with E-state index in [1.54, 1.807) is 12.1 Å². The minimum atomic E-state index is -0.382. The second-order valence-corrected chi connectivity index (χ2v) is 6.83. The van der Waals surface area contributed by atoms with Crippen molar-refractivity contribution in [3.8, 4) is 5.75 Å². The molecule has 0 spiro atoms. The third-order valence-electron chi connectivity index (χ3n) is 3.56. The van der Waals surface area contributed by atoms with Gasteiger partial charge in [-0.25, -0.2) is 4.39 Å². The molecular formula is C19H20BrFN2O3. The van der Waals surface area contributed by atoms with Crippen LogP contribution in [0.25, 0.3) is 0 Å². The molecule has 0 bridgehead atoms. The first-order chi connectivity index (χ1) is 12.3. The number of halogens is 2. The lowest BCUT2D eigenvalue weighted by Crippen LogP contribution is -2.44. The van der Waals surface area contributed by atoms with Crippen molar-refractivity contribution in [3.05, 3.63) is 58.8 Å². The number of ether oxygens (including phenoxy) is 1. The SMILES string of the molecule is CC(C)N(CC(=O)Nc1ccc(F)cc1)C(=O)COc1ccc(Br)cc1. The Balaban J connectivity index is 1.91. The minimum absolute atomic E-state index is 0.114. The van der Waals surface area contributed by atoms with Crippen LogP contribution in [0.4, 0.5) is 10.1 Å². The number of nitrogens with zero attached hydrogens (tertiary/aromatic N) is 1. The van der Waals surface area contributed by atoms with Crippen LogP contribution in [0.1, 0.15) is 13.8 Å². The van der Waals surface area contributed by atoms with Crippen molar-refractivity contribution in [1.82, 2.24) is 4.90 Å². The van der Waals surface area contributed by atoms with Gasteiger partial charge >= 0.3 is 0 Å². The molecule has 0 aliphatic carbocycles. The molecule has 7 heteroatoms. The average Bonchev–Trinajstić information content (AvgIpc) is 2.60. The molecule has 0 aromatic heterocycles. The number of carbonyl (C=O) groups is 2. The normalized spacial score (nSPS) is 10.5. The summed E-state index contributed by atoms with van der Waals surface area (Å²) >= 11 is 3.33. The zero-order valence-electron chi connectivity index (χ0n) is 14.5. The maximum absolute atomic E-state index is 12.9. The molecule has 26 heavy (non-hydrogen) atoms. The molecule has 0 atom stereocenters. The topological polar surface area (TPSA) is 58.6 Å². The molecule has 0 aliphatic heterocycles. The number of hydrogen-bond acceptors (Lipinski definition) is 3. The number of carbonyl (C=O) groups excluding carboxylic acids is 2. The highest BCUT2D eigenvalue weighted by atomic mass is 79.9. The summed E-state index contributed by atoms with van der Waals surface area (Å²) in [6.07, 6.45) is 0. The number of amides is 2. The van der Waals surface area contributed by atoms with E-state index in [9.17, 15) is 14.0 Å². The van der Waals surface area contributed by atoms with Gasteiger partial charge in [0.2, 0.25) is 5.91 Å². The summed E-state index contributed by atoms with van der Waals surface area (Å²) in [6, 6.07) is 12.4. The summed E-state index contributed by atoms with van der Waals surface area (Å²) in [4.78, 5) is 26.0. The second kappa shape index (κ2) is 9.33. The van der Waals surface area contributed by atoms with E-state index < -0.39 is 0 Å². The van der Waals surface area contributed by atoms with Gasteiger partial charge in [0.15, 0.2) is 6.61 Å². The van der Waals surface area contributed by atoms with Gasteiger partial charge < -0.3 is 15.0 Å². The van der Waals surface area contributed by atoms with E-state index in [4.69, 9.17) is 4.74 Å². The maximum atomic E-state index is 12.9. The van der Waals surface area contributed by atoms with Crippen LogP contribution in [0.3, 0.4) is 0 Å². The first kappa shape index (κ1) is 19.9. The molecule has 2 aromatic carbocycles. The third-order valence-corrected chi connectivity index (χ3v) is 4.09. The highest BCUT2D eigenvalue weighted by Crippen LogP contribution is 2.16. The van der Waals surface area contributed by atoms with Gasteiger partial charge in [0.25, 0.3) is 5.91 Å². The molecule has 2 amide bonds. The lowest BCUT2D eigenvalue weighted by molar-refractivity contribution is -0.138. The van der Waals surface area contributed by atoms with Crippen LogP contribution in [0.15, 0.2) is 53.0 Å². The van der Waals surface area contributed by atoms with E-state index in [1.165, 1.54) is 29.2 Å². The molecule has 1 N–H and O–H groups in total. The molecule has 0 fully saturated rings. The highest BCUT2D eigenvalue weighted by Gasteiger charge is 2.20. The van der Waals surface area contributed by atoms with E-state index in [2.05, 4.69) is 21.2 Å². The minimum Gasteiger partial charge on any atom is -0.484 e. The summed E-state index contributed by atoms with van der Waals surface area (Å²) in [6.45, 7) is 3.37. The summed E-state index contributed by atoms with van der Waals surface area (Å²) in [5.41, 5.74) is 0.471. The van der Waals surface area contributed by atoms with Crippen molar-refractivity contribution in [2.75, 3.05) is 18.5 Å². The van der Waals surface area contributed by atoms with Gasteiger partial charge in [-0.1, -0.05) is 15.9 Å². The monoisotopic (exact) mass is 422 g/mol. The van der Waals surface area contributed by atoms with Crippen molar-refractivity contribution >= 4 is 33.4 Å². The predicted octanol–water partition coefficient (Wildman–Crippen LogP) is 3.84. The molecule has 0 saturated heterocycles. The molecular weight excluding hydrogens is 403 g/mol. The summed E-state index contributed by atoms with van der Waals surface area (Å²) in [7, 11) is 0.